The Morgan fingerprint density at radius 3 is 2.40 bits per heavy atom. The van der Waals surface area contributed by atoms with Crippen molar-refractivity contribution in [2.24, 2.45) is 0 Å². The summed E-state index contributed by atoms with van der Waals surface area (Å²) in [6.45, 7) is 6.18. The molecule has 0 aromatic heterocycles. The number of hydrogen-bond donors (Lipinski definition) is 0. The van der Waals surface area contributed by atoms with Crippen molar-refractivity contribution in [2.75, 3.05) is 0 Å². The number of benzene rings is 1. The Kier molecular flexibility index (Phi) is 4.12. The molecule has 0 aliphatic heterocycles. The molecular weight excluding hydrogens is 182 g/mol. The molecule has 0 spiro atoms. The van der Waals surface area contributed by atoms with Gasteiger partial charge in [-0.2, -0.15) is 5.26 Å². The molecule has 0 radical (unpaired) electrons. The number of hydrogen-bond acceptors (Lipinski definition) is 1. The minimum Gasteiger partial charge on any atom is -0.198 e. The monoisotopic (exact) mass is 199 g/mol. The molecule has 0 bridgehead atoms. The molecule has 1 nitrogen and oxygen atoms in total. The molecular formula is C14H17N. The van der Waals surface area contributed by atoms with Crippen molar-refractivity contribution in [2.45, 2.75) is 33.1 Å². The maximum absolute atomic E-state index is 9.08. The van der Waals surface area contributed by atoms with Crippen LogP contribution in [0.1, 0.15) is 37.3 Å². The third-order valence-corrected chi connectivity index (χ3v) is 2.40. The van der Waals surface area contributed by atoms with E-state index in [1.807, 2.05) is 12.1 Å². The van der Waals surface area contributed by atoms with Gasteiger partial charge in [0.1, 0.15) is 0 Å². The summed E-state index contributed by atoms with van der Waals surface area (Å²) in [5.74, 6) is -0.0134. The zero-order valence-electron chi connectivity index (χ0n) is 9.62. The topological polar surface area (TPSA) is 23.8 Å². The van der Waals surface area contributed by atoms with Gasteiger partial charge >= 0.3 is 0 Å². The van der Waals surface area contributed by atoms with Crippen LogP contribution in [0.2, 0.25) is 0 Å². The fourth-order valence-electron chi connectivity index (χ4n) is 1.42. The van der Waals surface area contributed by atoms with Gasteiger partial charge in [0.25, 0.3) is 0 Å². The van der Waals surface area contributed by atoms with Crippen LogP contribution in [0.4, 0.5) is 0 Å². The highest BCUT2D eigenvalue weighted by molar-refractivity contribution is 5.29. The lowest BCUT2D eigenvalue weighted by Crippen LogP contribution is -1.94. The van der Waals surface area contributed by atoms with E-state index in [9.17, 15) is 0 Å². The van der Waals surface area contributed by atoms with Crippen LogP contribution >= 0.6 is 0 Å². The predicted octanol–water partition coefficient (Wildman–Crippen LogP) is 3.96. The number of rotatable bonds is 3. The van der Waals surface area contributed by atoms with E-state index in [4.69, 9.17) is 5.26 Å². The minimum atomic E-state index is -0.0134. The van der Waals surface area contributed by atoms with Crippen LogP contribution in [0, 0.1) is 18.3 Å². The molecule has 0 N–H and O–H groups in total. The van der Waals surface area contributed by atoms with Gasteiger partial charge < -0.3 is 0 Å². The quantitative estimate of drug-likeness (QED) is 0.676. The average Bonchev–Trinajstić information content (AvgIpc) is 2.21. The van der Waals surface area contributed by atoms with Crippen LogP contribution in [-0.4, -0.2) is 0 Å². The van der Waals surface area contributed by atoms with Gasteiger partial charge in [0.05, 0.1) is 12.0 Å². The molecule has 0 aliphatic carbocycles. The summed E-state index contributed by atoms with van der Waals surface area (Å²) in [5.41, 5.74) is 3.61. The Bertz CT molecular complexity index is 375. The normalized spacial score (nSPS) is 11.6. The third kappa shape index (κ3) is 3.59. The van der Waals surface area contributed by atoms with Gasteiger partial charge in [0, 0.05) is 0 Å². The van der Waals surface area contributed by atoms with Crippen molar-refractivity contribution < 1.29 is 0 Å². The van der Waals surface area contributed by atoms with E-state index in [1.165, 1.54) is 11.1 Å². The number of aryl methyl sites for hydroxylation is 1. The second kappa shape index (κ2) is 5.36. The van der Waals surface area contributed by atoms with Crippen LogP contribution in [0.3, 0.4) is 0 Å². The van der Waals surface area contributed by atoms with Crippen molar-refractivity contribution in [3.05, 3.63) is 47.0 Å². The summed E-state index contributed by atoms with van der Waals surface area (Å²) in [6, 6.07) is 10.6. The molecule has 1 heteroatoms. The Balaban J connectivity index is 2.80. The Morgan fingerprint density at radius 1 is 1.33 bits per heavy atom. The van der Waals surface area contributed by atoms with Crippen molar-refractivity contribution in [3.63, 3.8) is 0 Å². The summed E-state index contributed by atoms with van der Waals surface area (Å²) in [5, 5.41) is 9.08. The number of allylic oxidation sites excluding steroid dienone is 2. The largest absolute Gasteiger partial charge is 0.198 e. The van der Waals surface area contributed by atoms with E-state index in [0.29, 0.717) is 0 Å². The average molecular weight is 199 g/mol. The lowest BCUT2D eigenvalue weighted by Gasteiger charge is -2.07. The molecule has 0 saturated heterocycles. The summed E-state index contributed by atoms with van der Waals surface area (Å²) >= 11 is 0. The summed E-state index contributed by atoms with van der Waals surface area (Å²) in [4.78, 5) is 0. The molecule has 1 aromatic carbocycles. The fourth-order valence-corrected chi connectivity index (χ4v) is 1.42. The van der Waals surface area contributed by atoms with Gasteiger partial charge in [-0.15, -0.1) is 0 Å². The summed E-state index contributed by atoms with van der Waals surface area (Å²) in [6.07, 6.45) is 2.93. The molecule has 0 aliphatic rings. The van der Waals surface area contributed by atoms with Gasteiger partial charge in [0.2, 0.25) is 0 Å². The van der Waals surface area contributed by atoms with Crippen molar-refractivity contribution in [1.82, 2.24) is 0 Å². The van der Waals surface area contributed by atoms with E-state index in [2.05, 4.69) is 45.0 Å². The number of nitrogens with zero attached hydrogens (tertiary/aromatic N) is 1. The summed E-state index contributed by atoms with van der Waals surface area (Å²) < 4.78 is 0. The maximum Gasteiger partial charge on any atom is 0.0747 e. The van der Waals surface area contributed by atoms with Crippen LogP contribution in [0.15, 0.2) is 35.9 Å². The smallest absolute Gasteiger partial charge is 0.0747 e. The standard InChI is InChI=1S/C14H17N/c1-11(2)4-7-14(10-15)13-8-5-12(3)6-9-13/h4-6,8-9,14H,7H2,1-3H3. The number of nitriles is 1. The zero-order valence-corrected chi connectivity index (χ0v) is 9.62. The van der Waals surface area contributed by atoms with Gasteiger partial charge in [-0.25, -0.2) is 0 Å². The van der Waals surface area contributed by atoms with Gasteiger partial charge in [-0.3, -0.25) is 0 Å². The minimum absolute atomic E-state index is 0.0134. The van der Waals surface area contributed by atoms with Crippen molar-refractivity contribution >= 4 is 0 Å². The predicted molar refractivity (Wildman–Crippen MR) is 63.6 cm³/mol. The molecule has 15 heavy (non-hydrogen) atoms. The van der Waals surface area contributed by atoms with Crippen LogP contribution < -0.4 is 0 Å². The molecule has 0 heterocycles. The van der Waals surface area contributed by atoms with Crippen LogP contribution in [-0.2, 0) is 0 Å². The molecule has 1 unspecified atom stereocenters. The maximum atomic E-state index is 9.08. The Labute approximate surface area is 92.1 Å². The molecule has 1 atom stereocenters. The first-order valence-electron chi connectivity index (χ1n) is 5.23. The first-order chi connectivity index (χ1) is 7.13. The highest BCUT2D eigenvalue weighted by atomic mass is 14.3. The molecule has 1 aromatic rings. The van der Waals surface area contributed by atoms with Gasteiger partial charge in [-0.05, 0) is 32.8 Å². The van der Waals surface area contributed by atoms with E-state index >= 15 is 0 Å². The first-order valence-corrected chi connectivity index (χ1v) is 5.23. The molecule has 0 saturated carbocycles. The zero-order chi connectivity index (χ0) is 11.3. The fraction of sp³-hybridized carbons (Fsp3) is 0.357. The molecule has 78 valence electrons. The van der Waals surface area contributed by atoms with E-state index in [1.54, 1.807) is 0 Å². The Morgan fingerprint density at radius 2 is 1.93 bits per heavy atom. The third-order valence-electron chi connectivity index (χ3n) is 2.40. The van der Waals surface area contributed by atoms with E-state index in [0.717, 1.165) is 12.0 Å². The highest BCUT2D eigenvalue weighted by Gasteiger charge is 2.07. The molecule has 1 rings (SSSR count). The lowest BCUT2D eigenvalue weighted by atomic mass is 9.95. The lowest BCUT2D eigenvalue weighted by molar-refractivity contribution is 0.870. The van der Waals surface area contributed by atoms with Crippen molar-refractivity contribution in [3.8, 4) is 6.07 Å². The molecule has 0 fully saturated rings. The van der Waals surface area contributed by atoms with Crippen molar-refractivity contribution in [1.29, 1.82) is 5.26 Å². The first kappa shape index (κ1) is 11.5. The van der Waals surface area contributed by atoms with Crippen LogP contribution in [0.5, 0.6) is 0 Å². The van der Waals surface area contributed by atoms with Gasteiger partial charge in [-0.1, -0.05) is 41.5 Å². The van der Waals surface area contributed by atoms with Gasteiger partial charge in [0.15, 0.2) is 0 Å². The summed E-state index contributed by atoms with van der Waals surface area (Å²) in [7, 11) is 0. The highest BCUT2D eigenvalue weighted by Crippen LogP contribution is 2.20. The Hall–Kier alpha value is -1.55. The van der Waals surface area contributed by atoms with E-state index < -0.39 is 0 Å². The second-order valence-electron chi connectivity index (χ2n) is 4.11. The SMILES string of the molecule is CC(C)=CCC(C#N)c1ccc(C)cc1. The van der Waals surface area contributed by atoms with Crippen LogP contribution in [0.25, 0.3) is 0 Å². The van der Waals surface area contributed by atoms with E-state index in [-0.39, 0.29) is 5.92 Å². The molecule has 0 amide bonds. The second-order valence-corrected chi connectivity index (χ2v) is 4.11.